The molecule has 2 aromatic carbocycles. The van der Waals surface area contributed by atoms with Crippen LogP contribution in [-0.4, -0.2) is 36.4 Å². The van der Waals surface area contributed by atoms with Crippen molar-refractivity contribution in [2.24, 2.45) is 0 Å². The third-order valence-electron chi connectivity index (χ3n) is 4.39. The summed E-state index contributed by atoms with van der Waals surface area (Å²) in [7, 11) is 0. The van der Waals surface area contributed by atoms with E-state index >= 15 is 0 Å². The van der Waals surface area contributed by atoms with Gasteiger partial charge in [-0.25, -0.2) is 0 Å². The topological polar surface area (TPSA) is 32.3 Å². The van der Waals surface area contributed by atoms with E-state index in [9.17, 15) is 0 Å². The summed E-state index contributed by atoms with van der Waals surface area (Å²) in [5.41, 5.74) is 3.02. The van der Waals surface area contributed by atoms with E-state index in [2.05, 4.69) is 32.1 Å². The van der Waals surface area contributed by atoms with Crippen LogP contribution in [0.3, 0.4) is 0 Å². The van der Waals surface area contributed by atoms with Crippen LogP contribution in [0.1, 0.15) is 0 Å². The molecule has 1 saturated heterocycles. The van der Waals surface area contributed by atoms with Crippen molar-refractivity contribution in [3.8, 4) is 0 Å². The highest BCUT2D eigenvalue weighted by Crippen LogP contribution is 2.30. The largest absolute Gasteiger partial charge is 0.368 e. The number of benzene rings is 2. The lowest BCUT2D eigenvalue weighted by Crippen LogP contribution is -2.46. The average molecular weight is 359 g/mol. The highest BCUT2D eigenvalue weighted by atomic mass is 35.5. The van der Waals surface area contributed by atoms with Gasteiger partial charge in [0.05, 0.1) is 16.9 Å². The number of aromatic nitrogens is 2. The maximum absolute atomic E-state index is 6.24. The fourth-order valence-electron chi connectivity index (χ4n) is 3.16. The number of rotatable bonds is 2. The Labute approximate surface area is 150 Å². The Hall–Kier alpha value is -2.04. The van der Waals surface area contributed by atoms with Crippen molar-refractivity contribution in [2.75, 3.05) is 36.0 Å². The predicted molar refractivity (Wildman–Crippen MR) is 100 cm³/mol. The number of halogens is 2. The highest BCUT2D eigenvalue weighted by Gasteiger charge is 2.20. The number of anilines is 2. The molecule has 6 heteroatoms. The van der Waals surface area contributed by atoms with Crippen molar-refractivity contribution in [2.45, 2.75) is 0 Å². The molecule has 0 radical (unpaired) electrons. The average Bonchev–Trinajstić information content (AvgIpc) is 2.62. The summed E-state index contributed by atoms with van der Waals surface area (Å²) in [5, 5.41) is 10.8. The summed E-state index contributed by atoms with van der Waals surface area (Å²) in [5.74, 6) is 0. The maximum atomic E-state index is 6.24. The molecule has 0 saturated carbocycles. The van der Waals surface area contributed by atoms with Crippen LogP contribution < -0.4 is 9.80 Å². The number of nitrogens with zero attached hydrogens (tertiary/aromatic N) is 4. The van der Waals surface area contributed by atoms with Gasteiger partial charge in [0.1, 0.15) is 5.52 Å². The SMILES string of the molecule is Clc1cccc(N2CCN(c3cnnc4c(Cl)cccc34)CC2)c1. The molecule has 1 aliphatic rings. The minimum absolute atomic E-state index is 0.638. The van der Waals surface area contributed by atoms with Crippen LogP contribution >= 0.6 is 23.2 Å². The zero-order valence-electron chi connectivity index (χ0n) is 13.0. The number of hydrogen-bond donors (Lipinski definition) is 0. The lowest BCUT2D eigenvalue weighted by Gasteiger charge is -2.37. The predicted octanol–water partition coefficient (Wildman–Crippen LogP) is 4.26. The van der Waals surface area contributed by atoms with Crippen LogP contribution in [0.25, 0.3) is 10.9 Å². The Kier molecular flexibility index (Phi) is 4.17. The zero-order chi connectivity index (χ0) is 16.5. The van der Waals surface area contributed by atoms with E-state index in [4.69, 9.17) is 23.2 Å². The fraction of sp³-hybridized carbons (Fsp3) is 0.222. The van der Waals surface area contributed by atoms with Gasteiger partial charge in [0.15, 0.2) is 0 Å². The van der Waals surface area contributed by atoms with E-state index in [-0.39, 0.29) is 0 Å². The molecule has 0 N–H and O–H groups in total. The van der Waals surface area contributed by atoms with Gasteiger partial charge in [0, 0.05) is 42.3 Å². The van der Waals surface area contributed by atoms with Crippen LogP contribution in [0.4, 0.5) is 11.4 Å². The van der Waals surface area contributed by atoms with Gasteiger partial charge < -0.3 is 9.80 Å². The van der Waals surface area contributed by atoms with Gasteiger partial charge in [-0.1, -0.05) is 41.4 Å². The summed E-state index contributed by atoms with van der Waals surface area (Å²) in [6, 6.07) is 13.9. The summed E-state index contributed by atoms with van der Waals surface area (Å²) in [4.78, 5) is 4.69. The molecule has 0 aliphatic carbocycles. The molecule has 4 nitrogen and oxygen atoms in total. The van der Waals surface area contributed by atoms with Crippen molar-refractivity contribution in [1.82, 2.24) is 10.2 Å². The number of piperazine rings is 1. The van der Waals surface area contributed by atoms with Gasteiger partial charge >= 0.3 is 0 Å². The van der Waals surface area contributed by atoms with Crippen molar-refractivity contribution < 1.29 is 0 Å². The van der Waals surface area contributed by atoms with Gasteiger partial charge in [-0.3, -0.25) is 0 Å². The molecule has 0 atom stereocenters. The van der Waals surface area contributed by atoms with E-state index in [0.29, 0.717) is 5.02 Å². The van der Waals surface area contributed by atoms with Crippen molar-refractivity contribution in [1.29, 1.82) is 0 Å². The van der Waals surface area contributed by atoms with E-state index in [1.165, 1.54) is 5.69 Å². The monoisotopic (exact) mass is 358 g/mol. The second kappa shape index (κ2) is 6.46. The molecule has 1 aliphatic heterocycles. The Morgan fingerprint density at radius 3 is 2.42 bits per heavy atom. The van der Waals surface area contributed by atoms with Gasteiger partial charge in [-0.05, 0) is 24.3 Å². The maximum Gasteiger partial charge on any atom is 0.114 e. The van der Waals surface area contributed by atoms with E-state index in [0.717, 1.165) is 47.8 Å². The molecule has 3 aromatic rings. The Morgan fingerprint density at radius 2 is 1.62 bits per heavy atom. The molecular weight excluding hydrogens is 343 g/mol. The first-order chi connectivity index (χ1) is 11.7. The minimum Gasteiger partial charge on any atom is -0.368 e. The van der Waals surface area contributed by atoms with E-state index in [1.54, 1.807) is 0 Å². The standard InChI is InChI=1S/C18H16Cl2N4/c19-13-3-1-4-14(11-13)23-7-9-24(10-8-23)17-12-21-22-18-15(17)5-2-6-16(18)20/h1-6,11-12H,7-10H2. The van der Waals surface area contributed by atoms with Gasteiger partial charge in [0.25, 0.3) is 0 Å². The molecule has 4 rings (SSSR count). The number of fused-ring (bicyclic) bond motifs is 1. The second-order valence-electron chi connectivity index (χ2n) is 5.82. The van der Waals surface area contributed by atoms with Crippen molar-refractivity contribution in [3.63, 3.8) is 0 Å². The molecule has 0 unspecified atom stereocenters. The quantitative estimate of drug-likeness (QED) is 0.684. The fourth-order valence-corrected chi connectivity index (χ4v) is 3.56. The Bertz CT molecular complexity index is 876. The van der Waals surface area contributed by atoms with Crippen molar-refractivity contribution >= 4 is 45.5 Å². The molecule has 24 heavy (non-hydrogen) atoms. The smallest absolute Gasteiger partial charge is 0.114 e. The number of hydrogen-bond acceptors (Lipinski definition) is 4. The first-order valence-electron chi connectivity index (χ1n) is 7.88. The third kappa shape index (κ3) is 2.87. The van der Waals surface area contributed by atoms with Crippen LogP contribution in [0.5, 0.6) is 0 Å². The summed E-state index contributed by atoms with van der Waals surface area (Å²) in [6.45, 7) is 3.70. The molecule has 2 heterocycles. The van der Waals surface area contributed by atoms with Crippen molar-refractivity contribution in [3.05, 3.63) is 58.7 Å². The lowest BCUT2D eigenvalue weighted by molar-refractivity contribution is 0.654. The van der Waals surface area contributed by atoms with Gasteiger partial charge in [-0.15, -0.1) is 5.10 Å². The molecule has 122 valence electrons. The lowest BCUT2D eigenvalue weighted by atomic mass is 10.1. The van der Waals surface area contributed by atoms with E-state index in [1.807, 2.05) is 36.5 Å². The summed E-state index contributed by atoms with van der Waals surface area (Å²) in [6.07, 6.45) is 1.83. The Morgan fingerprint density at radius 1 is 0.875 bits per heavy atom. The van der Waals surface area contributed by atoms with E-state index < -0.39 is 0 Å². The van der Waals surface area contributed by atoms with Crippen LogP contribution in [-0.2, 0) is 0 Å². The molecular formula is C18H16Cl2N4. The molecule has 0 amide bonds. The van der Waals surface area contributed by atoms with Crippen LogP contribution in [0.15, 0.2) is 48.7 Å². The van der Waals surface area contributed by atoms with Crippen LogP contribution in [0, 0.1) is 0 Å². The minimum atomic E-state index is 0.638. The van der Waals surface area contributed by atoms with Gasteiger partial charge in [-0.2, -0.15) is 5.10 Å². The first-order valence-corrected chi connectivity index (χ1v) is 8.63. The molecule has 0 bridgehead atoms. The van der Waals surface area contributed by atoms with Crippen LogP contribution in [0.2, 0.25) is 10.0 Å². The molecule has 1 fully saturated rings. The molecule has 0 spiro atoms. The highest BCUT2D eigenvalue weighted by molar-refractivity contribution is 6.35. The zero-order valence-corrected chi connectivity index (χ0v) is 14.5. The normalized spacial score (nSPS) is 15.1. The summed E-state index contributed by atoms with van der Waals surface area (Å²) < 4.78 is 0. The third-order valence-corrected chi connectivity index (χ3v) is 4.93. The Balaban J connectivity index is 1.57. The second-order valence-corrected chi connectivity index (χ2v) is 6.66. The summed E-state index contributed by atoms with van der Waals surface area (Å²) >= 11 is 12.3. The first kappa shape index (κ1) is 15.5. The van der Waals surface area contributed by atoms with Gasteiger partial charge in [0.2, 0.25) is 0 Å². The molecule has 1 aromatic heterocycles.